The van der Waals surface area contributed by atoms with Crippen molar-refractivity contribution in [2.45, 2.75) is 0 Å². The second kappa shape index (κ2) is 9.83. The Morgan fingerprint density at radius 3 is 1.23 bits per heavy atom. The third kappa shape index (κ3) is 5.97. The van der Waals surface area contributed by atoms with Gasteiger partial charge in [-0.1, -0.05) is 84.9 Å². The van der Waals surface area contributed by atoms with Crippen LogP contribution in [0.1, 0.15) is 0 Å². The monoisotopic (exact) mass is 289 g/mol. The third-order valence-corrected chi connectivity index (χ3v) is 2.82. The van der Waals surface area contributed by atoms with Gasteiger partial charge >= 0.3 is 0 Å². The van der Waals surface area contributed by atoms with Crippen LogP contribution in [-0.2, 0) is 4.84 Å². The SMILES string of the molecule is C1=CNOC=C1.c1ccc2ccccc2c1.c1ccccc1. The fraction of sp³-hybridized carbons (Fsp3) is 0. The average Bonchev–Trinajstić information content (AvgIpc) is 2.66. The molecule has 1 N–H and O–H groups in total. The number of allylic oxidation sites excluding steroid dienone is 2. The Bertz CT molecular complexity index is 601. The summed E-state index contributed by atoms with van der Waals surface area (Å²) >= 11 is 0. The molecule has 4 rings (SSSR count). The Balaban J connectivity index is 0.000000128. The minimum absolute atomic E-state index is 1.31. The van der Waals surface area contributed by atoms with Gasteiger partial charge in [-0.3, -0.25) is 0 Å². The van der Waals surface area contributed by atoms with Crippen LogP contribution in [0.4, 0.5) is 0 Å². The molecule has 2 nitrogen and oxygen atoms in total. The number of hydrogen-bond acceptors (Lipinski definition) is 2. The van der Waals surface area contributed by atoms with E-state index in [1.807, 2.05) is 42.5 Å². The zero-order valence-electron chi connectivity index (χ0n) is 12.3. The van der Waals surface area contributed by atoms with Crippen LogP contribution in [0.2, 0.25) is 0 Å². The summed E-state index contributed by atoms with van der Waals surface area (Å²) in [6, 6.07) is 28.7. The van der Waals surface area contributed by atoms with E-state index in [9.17, 15) is 0 Å². The zero-order chi connectivity index (χ0) is 15.3. The van der Waals surface area contributed by atoms with Crippen molar-refractivity contribution in [3.05, 3.63) is 110 Å². The maximum absolute atomic E-state index is 4.55. The largest absolute Gasteiger partial charge is 0.391 e. The van der Waals surface area contributed by atoms with Crippen LogP contribution in [0.3, 0.4) is 0 Å². The van der Waals surface area contributed by atoms with E-state index in [0.717, 1.165) is 0 Å². The van der Waals surface area contributed by atoms with E-state index >= 15 is 0 Å². The Hall–Kier alpha value is -3.00. The summed E-state index contributed by atoms with van der Waals surface area (Å²) in [5.41, 5.74) is 2.52. The van der Waals surface area contributed by atoms with Gasteiger partial charge in [0.25, 0.3) is 0 Å². The minimum Gasteiger partial charge on any atom is -0.391 e. The molecule has 0 aromatic heterocycles. The predicted molar refractivity (Wildman–Crippen MR) is 92.9 cm³/mol. The molecule has 3 aromatic carbocycles. The highest BCUT2D eigenvalue weighted by Gasteiger charge is 1.85. The molecule has 1 aliphatic rings. The number of fused-ring (bicyclic) bond motifs is 1. The van der Waals surface area contributed by atoms with Crippen molar-refractivity contribution in [1.82, 2.24) is 5.48 Å². The van der Waals surface area contributed by atoms with Crippen LogP contribution in [0, 0.1) is 0 Å². The molecule has 0 saturated heterocycles. The van der Waals surface area contributed by atoms with Gasteiger partial charge in [0.05, 0.1) is 0 Å². The second-order valence-corrected chi connectivity index (χ2v) is 4.43. The molecule has 0 aliphatic carbocycles. The molecule has 0 amide bonds. The van der Waals surface area contributed by atoms with Gasteiger partial charge in [0.15, 0.2) is 0 Å². The Morgan fingerprint density at radius 1 is 0.545 bits per heavy atom. The Labute approximate surface area is 131 Å². The summed E-state index contributed by atoms with van der Waals surface area (Å²) in [7, 11) is 0. The first-order chi connectivity index (χ1) is 11.0. The highest BCUT2D eigenvalue weighted by atomic mass is 16.6. The molecule has 0 radical (unpaired) electrons. The summed E-state index contributed by atoms with van der Waals surface area (Å²) < 4.78 is 0. The van der Waals surface area contributed by atoms with E-state index in [1.54, 1.807) is 18.5 Å². The molecular formula is C20H19NO. The van der Waals surface area contributed by atoms with E-state index in [0.29, 0.717) is 0 Å². The summed E-state index contributed by atoms with van der Waals surface area (Å²) in [5.74, 6) is 0. The molecule has 0 saturated carbocycles. The van der Waals surface area contributed by atoms with Gasteiger partial charge in [0.2, 0.25) is 0 Å². The fourth-order valence-corrected chi connectivity index (χ4v) is 1.78. The summed E-state index contributed by atoms with van der Waals surface area (Å²) in [4.78, 5) is 4.55. The van der Waals surface area contributed by atoms with Crippen LogP contribution in [0.5, 0.6) is 0 Å². The maximum Gasteiger partial charge on any atom is 0.119 e. The van der Waals surface area contributed by atoms with E-state index in [2.05, 4.69) is 58.8 Å². The first-order valence-electron chi connectivity index (χ1n) is 7.13. The molecule has 1 aliphatic heterocycles. The lowest BCUT2D eigenvalue weighted by Crippen LogP contribution is -2.01. The first-order valence-corrected chi connectivity index (χ1v) is 7.13. The van der Waals surface area contributed by atoms with Gasteiger partial charge in [-0.2, -0.15) is 0 Å². The molecular weight excluding hydrogens is 270 g/mol. The van der Waals surface area contributed by atoms with Crippen molar-refractivity contribution >= 4 is 10.8 Å². The quantitative estimate of drug-likeness (QED) is 0.623. The molecule has 22 heavy (non-hydrogen) atoms. The molecule has 0 spiro atoms. The van der Waals surface area contributed by atoms with Crippen LogP contribution in [0.15, 0.2) is 110 Å². The maximum atomic E-state index is 4.55. The molecule has 0 bridgehead atoms. The normalized spacial score (nSPS) is 11.1. The van der Waals surface area contributed by atoms with Crippen LogP contribution < -0.4 is 5.48 Å². The molecule has 2 heteroatoms. The Morgan fingerprint density at radius 2 is 1.00 bits per heavy atom. The molecule has 1 heterocycles. The molecule has 3 aromatic rings. The lowest BCUT2D eigenvalue weighted by molar-refractivity contribution is 0.172. The van der Waals surface area contributed by atoms with Gasteiger partial charge in [-0.25, -0.2) is 5.48 Å². The van der Waals surface area contributed by atoms with Crippen molar-refractivity contribution in [1.29, 1.82) is 0 Å². The van der Waals surface area contributed by atoms with E-state index in [1.165, 1.54) is 10.8 Å². The number of benzene rings is 3. The fourth-order valence-electron chi connectivity index (χ4n) is 1.78. The van der Waals surface area contributed by atoms with Gasteiger partial charge in [0, 0.05) is 6.20 Å². The van der Waals surface area contributed by atoms with Crippen LogP contribution in [0.25, 0.3) is 10.8 Å². The van der Waals surface area contributed by atoms with Gasteiger partial charge in [-0.15, -0.1) is 0 Å². The summed E-state index contributed by atoms with van der Waals surface area (Å²) in [6.45, 7) is 0. The topological polar surface area (TPSA) is 21.3 Å². The van der Waals surface area contributed by atoms with Crippen molar-refractivity contribution in [3.63, 3.8) is 0 Å². The number of nitrogens with one attached hydrogen (secondary N) is 1. The van der Waals surface area contributed by atoms with E-state index in [4.69, 9.17) is 0 Å². The average molecular weight is 289 g/mol. The first kappa shape index (κ1) is 15.4. The minimum atomic E-state index is 1.31. The second-order valence-electron chi connectivity index (χ2n) is 4.43. The van der Waals surface area contributed by atoms with Crippen molar-refractivity contribution in [2.75, 3.05) is 0 Å². The smallest absolute Gasteiger partial charge is 0.119 e. The lowest BCUT2D eigenvalue weighted by atomic mass is 10.1. The highest BCUT2D eigenvalue weighted by Crippen LogP contribution is 2.11. The van der Waals surface area contributed by atoms with Crippen LogP contribution >= 0.6 is 0 Å². The van der Waals surface area contributed by atoms with Crippen molar-refractivity contribution in [2.24, 2.45) is 0 Å². The molecule has 0 unspecified atom stereocenters. The van der Waals surface area contributed by atoms with Gasteiger partial charge in [-0.05, 0) is 22.9 Å². The lowest BCUT2D eigenvalue weighted by Gasteiger charge is -1.97. The van der Waals surface area contributed by atoms with Crippen LogP contribution in [-0.4, -0.2) is 0 Å². The van der Waals surface area contributed by atoms with E-state index < -0.39 is 0 Å². The zero-order valence-corrected chi connectivity index (χ0v) is 12.3. The van der Waals surface area contributed by atoms with Crippen molar-refractivity contribution in [3.8, 4) is 0 Å². The molecule has 0 fully saturated rings. The molecule has 0 atom stereocenters. The number of hydroxylamine groups is 1. The van der Waals surface area contributed by atoms with Crippen molar-refractivity contribution < 1.29 is 4.84 Å². The molecule has 110 valence electrons. The third-order valence-electron chi connectivity index (χ3n) is 2.82. The number of rotatable bonds is 0. The van der Waals surface area contributed by atoms with E-state index in [-0.39, 0.29) is 0 Å². The summed E-state index contributed by atoms with van der Waals surface area (Å²) in [5, 5.41) is 2.62. The summed E-state index contributed by atoms with van der Waals surface area (Å²) in [6.07, 6.45) is 6.93. The van der Waals surface area contributed by atoms with Gasteiger partial charge in [0.1, 0.15) is 6.26 Å². The Kier molecular flexibility index (Phi) is 6.88. The number of hydrogen-bond donors (Lipinski definition) is 1. The van der Waals surface area contributed by atoms with Gasteiger partial charge < -0.3 is 4.84 Å². The standard InChI is InChI=1S/C10H8.C6H6.C4H5NO/c1-2-6-10-8-4-3-7-9(10)5-1;2*1-2-4-6-5-3-1/h1-8H;1-6H;1-5H. The highest BCUT2D eigenvalue weighted by molar-refractivity contribution is 5.81. The predicted octanol–water partition coefficient (Wildman–Crippen LogP) is 5.08.